The molecule has 1 aliphatic heterocycles. The maximum Gasteiger partial charge on any atom is 0.338 e. The first kappa shape index (κ1) is 6.85. The molecule has 1 aliphatic carbocycles. The van der Waals surface area contributed by atoms with Gasteiger partial charge in [0.1, 0.15) is 6.10 Å². The summed E-state index contributed by atoms with van der Waals surface area (Å²) in [6.45, 7) is 3.77. The van der Waals surface area contributed by atoms with Crippen molar-refractivity contribution in [2.75, 3.05) is 0 Å². The van der Waals surface area contributed by atoms with E-state index in [9.17, 15) is 9.90 Å². The lowest BCUT2D eigenvalue weighted by atomic mass is 9.84. The van der Waals surface area contributed by atoms with Gasteiger partial charge in [-0.1, -0.05) is 6.58 Å². The number of rotatable bonds is 0. The molecule has 0 radical (unpaired) electrons. The van der Waals surface area contributed by atoms with E-state index in [0.29, 0.717) is 19.3 Å². The molecule has 2 fully saturated rings. The van der Waals surface area contributed by atoms with Crippen LogP contribution < -0.4 is 0 Å². The number of hydrogen-bond acceptors (Lipinski definition) is 3. The summed E-state index contributed by atoms with van der Waals surface area (Å²) in [7, 11) is 0. The Morgan fingerprint density at radius 3 is 3.09 bits per heavy atom. The van der Waals surface area contributed by atoms with Gasteiger partial charge in [-0.05, 0) is 18.4 Å². The van der Waals surface area contributed by atoms with Gasteiger partial charge in [-0.3, -0.25) is 0 Å². The van der Waals surface area contributed by atoms with Crippen LogP contribution in [0.25, 0.3) is 0 Å². The van der Waals surface area contributed by atoms with Crippen LogP contribution in [0.3, 0.4) is 0 Å². The summed E-state index contributed by atoms with van der Waals surface area (Å²) in [4.78, 5) is 11.0. The molecule has 0 aromatic carbocycles. The molecule has 2 aliphatic rings. The molecule has 11 heavy (non-hydrogen) atoms. The topological polar surface area (TPSA) is 46.5 Å². The first-order valence-corrected chi connectivity index (χ1v) is 3.73. The highest BCUT2D eigenvalue weighted by Gasteiger charge is 2.51. The molecule has 1 N–H and O–H groups in total. The van der Waals surface area contributed by atoms with Crippen molar-refractivity contribution >= 4 is 5.97 Å². The van der Waals surface area contributed by atoms with E-state index in [1.165, 1.54) is 0 Å². The number of esters is 1. The Bertz CT molecular complexity index is 233. The molecule has 2 bridgehead atoms. The SMILES string of the molecule is C=C1CCC2(O)CC1OC2=O. The van der Waals surface area contributed by atoms with Crippen LogP contribution in [-0.2, 0) is 9.53 Å². The van der Waals surface area contributed by atoms with E-state index in [4.69, 9.17) is 4.74 Å². The second kappa shape index (κ2) is 1.85. The van der Waals surface area contributed by atoms with Gasteiger partial charge >= 0.3 is 5.97 Å². The van der Waals surface area contributed by atoms with Crippen LogP contribution in [0.4, 0.5) is 0 Å². The predicted octanol–water partition coefficient (Wildman–Crippen LogP) is 0.383. The summed E-state index contributed by atoms with van der Waals surface area (Å²) in [5, 5.41) is 9.59. The average Bonchev–Trinajstić information content (AvgIpc) is 2.20. The molecule has 1 heterocycles. The number of ether oxygens (including phenoxy) is 1. The Labute approximate surface area is 64.7 Å². The van der Waals surface area contributed by atoms with Gasteiger partial charge in [0.05, 0.1) is 0 Å². The van der Waals surface area contributed by atoms with E-state index in [1.807, 2.05) is 0 Å². The zero-order valence-corrected chi connectivity index (χ0v) is 6.17. The van der Waals surface area contributed by atoms with Gasteiger partial charge in [0.15, 0.2) is 5.60 Å². The molecule has 0 amide bonds. The zero-order chi connectivity index (χ0) is 8.06. The lowest BCUT2D eigenvalue weighted by Gasteiger charge is -2.22. The minimum Gasteiger partial charge on any atom is -0.456 e. The summed E-state index contributed by atoms with van der Waals surface area (Å²) in [6, 6.07) is 0. The quantitative estimate of drug-likeness (QED) is 0.405. The Morgan fingerprint density at radius 2 is 2.45 bits per heavy atom. The van der Waals surface area contributed by atoms with Crippen LogP contribution in [0.15, 0.2) is 12.2 Å². The maximum absolute atomic E-state index is 11.0. The molecule has 2 atom stereocenters. The van der Waals surface area contributed by atoms with Crippen molar-refractivity contribution in [1.82, 2.24) is 0 Å². The molecule has 1 saturated carbocycles. The van der Waals surface area contributed by atoms with Gasteiger partial charge < -0.3 is 9.84 Å². The van der Waals surface area contributed by atoms with Crippen LogP contribution in [0, 0.1) is 0 Å². The van der Waals surface area contributed by atoms with Crippen LogP contribution in [0.1, 0.15) is 19.3 Å². The smallest absolute Gasteiger partial charge is 0.338 e. The number of hydrogen-bond donors (Lipinski definition) is 1. The van der Waals surface area contributed by atoms with Crippen molar-refractivity contribution < 1.29 is 14.6 Å². The van der Waals surface area contributed by atoms with E-state index in [1.54, 1.807) is 0 Å². The van der Waals surface area contributed by atoms with E-state index in [-0.39, 0.29) is 6.10 Å². The van der Waals surface area contributed by atoms with Crippen molar-refractivity contribution in [2.45, 2.75) is 31.0 Å². The molecular formula is C8H10O3. The van der Waals surface area contributed by atoms with Crippen LogP contribution in [0.2, 0.25) is 0 Å². The fourth-order valence-electron chi connectivity index (χ4n) is 1.63. The molecule has 0 aromatic rings. The highest BCUT2D eigenvalue weighted by atomic mass is 16.6. The summed E-state index contributed by atoms with van der Waals surface area (Å²) in [6.07, 6.45) is 1.36. The summed E-state index contributed by atoms with van der Waals surface area (Å²) >= 11 is 0. The van der Waals surface area contributed by atoms with Gasteiger partial charge in [0.2, 0.25) is 0 Å². The first-order chi connectivity index (χ1) is 5.12. The highest BCUT2D eigenvalue weighted by molar-refractivity contribution is 5.82. The largest absolute Gasteiger partial charge is 0.456 e. The third kappa shape index (κ3) is 0.807. The van der Waals surface area contributed by atoms with Gasteiger partial charge in [0, 0.05) is 6.42 Å². The summed E-state index contributed by atoms with van der Waals surface area (Å²) in [5.41, 5.74) is -0.258. The van der Waals surface area contributed by atoms with Gasteiger partial charge in [-0.2, -0.15) is 0 Å². The molecule has 2 unspecified atom stereocenters. The number of carbonyl (C=O) groups is 1. The second-order valence-electron chi connectivity index (χ2n) is 3.29. The normalized spacial score (nSPS) is 42.5. The Kier molecular flexibility index (Phi) is 1.16. The third-order valence-electron chi connectivity index (χ3n) is 2.47. The monoisotopic (exact) mass is 154 g/mol. The van der Waals surface area contributed by atoms with Crippen LogP contribution in [0.5, 0.6) is 0 Å². The van der Waals surface area contributed by atoms with Crippen molar-refractivity contribution in [3.63, 3.8) is 0 Å². The Morgan fingerprint density at radius 1 is 1.73 bits per heavy atom. The molecule has 3 heteroatoms. The van der Waals surface area contributed by atoms with Crippen molar-refractivity contribution in [3.8, 4) is 0 Å². The average molecular weight is 154 g/mol. The number of aliphatic hydroxyl groups is 1. The number of fused-ring (bicyclic) bond motifs is 2. The minimum absolute atomic E-state index is 0.221. The predicted molar refractivity (Wildman–Crippen MR) is 37.8 cm³/mol. The molecule has 0 spiro atoms. The van der Waals surface area contributed by atoms with E-state index < -0.39 is 11.6 Å². The molecule has 3 nitrogen and oxygen atoms in total. The first-order valence-electron chi connectivity index (χ1n) is 3.73. The van der Waals surface area contributed by atoms with Gasteiger partial charge in [-0.25, -0.2) is 4.79 Å². The Hall–Kier alpha value is -0.830. The Balaban J connectivity index is 2.31. The van der Waals surface area contributed by atoms with Gasteiger partial charge in [-0.15, -0.1) is 0 Å². The van der Waals surface area contributed by atoms with Gasteiger partial charge in [0.25, 0.3) is 0 Å². The zero-order valence-electron chi connectivity index (χ0n) is 6.17. The molecule has 0 aromatic heterocycles. The van der Waals surface area contributed by atoms with Crippen LogP contribution in [-0.4, -0.2) is 22.8 Å². The molecule has 1 saturated heterocycles. The van der Waals surface area contributed by atoms with Crippen LogP contribution >= 0.6 is 0 Å². The standard InChI is InChI=1S/C8H10O3/c1-5-2-3-8(10)4-6(5)11-7(8)9/h6,10H,1-4H2. The summed E-state index contributed by atoms with van der Waals surface area (Å²) in [5.74, 6) is -0.471. The van der Waals surface area contributed by atoms with E-state index >= 15 is 0 Å². The lowest BCUT2D eigenvalue weighted by Crippen LogP contribution is -2.35. The van der Waals surface area contributed by atoms with Crippen molar-refractivity contribution in [2.24, 2.45) is 0 Å². The molecule has 2 rings (SSSR count). The highest BCUT2D eigenvalue weighted by Crippen LogP contribution is 2.39. The molecular weight excluding hydrogens is 144 g/mol. The number of carbonyl (C=O) groups excluding carboxylic acids is 1. The van der Waals surface area contributed by atoms with E-state index in [2.05, 4.69) is 6.58 Å². The van der Waals surface area contributed by atoms with E-state index in [0.717, 1.165) is 5.57 Å². The molecule has 60 valence electrons. The van der Waals surface area contributed by atoms with Crippen molar-refractivity contribution in [1.29, 1.82) is 0 Å². The second-order valence-corrected chi connectivity index (χ2v) is 3.29. The fourth-order valence-corrected chi connectivity index (χ4v) is 1.63. The minimum atomic E-state index is -1.19. The lowest BCUT2D eigenvalue weighted by molar-refractivity contribution is -0.153. The third-order valence-corrected chi connectivity index (χ3v) is 2.47. The fraction of sp³-hybridized carbons (Fsp3) is 0.625. The summed E-state index contributed by atoms with van der Waals surface area (Å²) < 4.78 is 4.91. The van der Waals surface area contributed by atoms with Crippen molar-refractivity contribution in [3.05, 3.63) is 12.2 Å². The maximum atomic E-state index is 11.0.